The molecule has 2 aromatic carbocycles. The topological polar surface area (TPSA) is 38.7 Å². The summed E-state index contributed by atoms with van der Waals surface area (Å²) in [5.74, 6) is 0. The van der Waals surface area contributed by atoms with Gasteiger partial charge in [0.05, 0.1) is 18.0 Å². The van der Waals surface area contributed by atoms with Gasteiger partial charge in [0.25, 0.3) is 0 Å². The van der Waals surface area contributed by atoms with Gasteiger partial charge in [-0.25, -0.2) is 0 Å². The summed E-state index contributed by atoms with van der Waals surface area (Å²) in [6, 6.07) is 15.3. The van der Waals surface area contributed by atoms with Gasteiger partial charge in [0.15, 0.2) is 0 Å². The van der Waals surface area contributed by atoms with Gasteiger partial charge in [-0.2, -0.15) is 0 Å². The maximum atomic E-state index is 9.26. The minimum Gasteiger partial charge on any atom is -0.395 e. The molecule has 4 nitrogen and oxygen atoms in total. The molecular formula is C22H30ClN3OS2. The number of nitrogens with zero attached hydrogens (tertiary/aromatic N) is 2. The molecule has 7 heteroatoms. The summed E-state index contributed by atoms with van der Waals surface area (Å²) in [6.45, 7) is 6.98. The zero-order chi connectivity index (χ0) is 20.1. The second kappa shape index (κ2) is 11.2. The van der Waals surface area contributed by atoms with Crippen molar-refractivity contribution in [3.05, 3.63) is 48.0 Å². The Hall–Kier alpha value is -1.31. The van der Waals surface area contributed by atoms with E-state index < -0.39 is 0 Å². The third kappa shape index (κ3) is 5.64. The van der Waals surface area contributed by atoms with Crippen LogP contribution in [0.25, 0.3) is 0 Å². The molecular weight excluding hydrogens is 422 g/mol. The molecule has 3 rings (SSSR count). The molecule has 0 amide bonds. The highest BCUT2D eigenvalue weighted by atomic mass is 35.5. The molecule has 1 aliphatic heterocycles. The van der Waals surface area contributed by atoms with Crippen LogP contribution in [0.2, 0.25) is 0 Å². The average Bonchev–Trinajstić information content (AvgIpc) is 2.69. The summed E-state index contributed by atoms with van der Waals surface area (Å²) in [7, 11) is 2.05. The van der Waals surface area contributed by atoms with Gasteiger partial charge < -0.3 is 20.2 Å². The Morgan fingerprint density at radius 2 is 1.93 bits per heavy atom. The Kier molecular flexibility index (Phi) is 9.24. The second-order valence-corrected chi connectivity index (χ2v) is 8.71. The summed E-state index contributed by atoms with van der Waals surface area (Å²) in [5, 5.41) is 12.6. The number of para-hydroxylation sites is 1. The number of thiocarbonyl (C=S) groups is 1. The molecule has 29 heavy (non-hydrogen) atoms. The fourth-order valence-electron chi connectivity index (χ4n) is 3.53. The van der Waals surface area contributed by atoms with Crippen LogP contribution >= 0.6 is 36.4 Å². The van der Waals surface area contributed by atoms with E-state index in [1.165, 1.54) is 21.2 Å². The highest BCUT2D eigenvalue weighted by Gasteiger charge is 2.28. The van der Waals surface area contributed by atoms with Crippen molar-refractivity contribution in [2.75, 3.05) is 38.2 Å². The number of anilines is 2. The van der Waals surface area contributed by atoms with E-state index in [4.69, 9.17) is 12.2 Å². The number of rotatable bonds is 8. The summed E-state index contributed by atoms with van der Waals surface area (Å²) in [5.41, 5.74) is 3.49. The Labute approximate surface area is 190 Å². The van der Waals surface area contributed by atoms with E-state index in [1.807, 2.05) is 11.8 Å². The van der Waals surface area contributed by atoms with E-state index in [0.29, 0.717) is 6.54 Å². The lowest BCUT2D eigenvalue weighted by Gasteiger charge is -2.39. The standard InChI is InChI=1S/C22H29N3OS2.ClH/c1-4-11-23-22(27)17-9-10-21-19(14-17)25(16(2)15-24(3)12-13-26)18-7-5-6-8-20(18)28-21;/h5-10,14,16,26H,4,11-13,15H2,1-3H3,(H,23,27);1H. The molecule has 0 saturated heterocycles. The van der Waals surface area contributed by atoms with Crippen LogP contribution in [0.3, 0.4) is 0 Å². The third-order valence-corrected chi connectivity index (χ3v) is 6.37. The lowest BCUT2D eigenvalue weighted by Crippen LogP contribution is -2.40. The molecule has 158 valence electrons. The quantitative estimate of drug-likeness (QED) is 0.567. The van der Waals surface area contributed by atoms with Gasteiger partial charge in [0.2, 0.25) is 0 Å². The molecule has 0 fully saturated rings. The van der Waals surface area contributed by atoms with Crippen molar-refractivity contribution in [1.82, 2.24) is 10.2 Å². The highest BCUT2D eigenvalue weighted by Crippen LogP contribution is 2.49. The van der Waals surface area contributed by atoms with Gasteiger partial charge in [-0.1, -0.05) is 49.1 Å². The predicted octanol–water partition coefficient (Wildman–Crippen LogP) is 4.70. The Balaban J connectivity index is 0.00000300. The van der Waals surface area contributed by atoms with Crippen LogP contribution in [0.15, 0.2) is 52.3 Å². The minimum absolute atomic E-state index is 0. The number of nitrogens with one attached hydrogen (secondary N) is 1. The van der Waals surface area contributed by atoms with Gasteiger partial charge in [-0.05, 0) is 44.7 Å². The number of halogens is 1. The molecule has 2 aromatic rings. The van der Waals surface area contributed by atoms with Gasteiger partial charge in [0, 0.05) is 41.0 Å². The lowest BCUT2D eigenvalue weighted by molar-refractivity contribution is 0.216. The van der Waals surface area contributed by atoms with Gasteiger partial charge in [0.1, 0.15) is 4.99 Å². The summed E-state index contributed by atoms with van der Waals surface area (Å²) < 4.78 is 0. The molecule has 0 bridgehead atoms. The smallest absolute Gasteiger partial charge is 0.106 e. The Morgan fingerprint density at radius 1 is 1.21 bits per heavy atom. The van der Waals surface area contributed by atoms with Crippen LogP contribution in [-0.4, -0.2) is 54.3 Å². The fraction of sp³-hybridized carbons (Fsp3) is 0.409. The first-order chi connectivity index (χ1) is 13.5. The molecule has 0 aromatic heterocycles. The van der Waals surface area contributed by atoms with Crippen molar-refractivity contribution in [3.8, 4) is 0 Å². The molecule has 1 unspecified atom stereocenters. The molecule has 0 spiro atoms. The molecule has 1 aliphatic rings. The zero-order valence-electron chi connectivity index (χ0n) is 17.2. The summed E-state index contributed by atoms with van der Waals surface area (Å²) in [6.07, 6.45) is 1.05. The van der Waals surface area contributed by atoms with Crippen molar-refractivity contribution >= 4 is 52.8 Å². The average molecular weight is 452 g/mol. The van der Waals surface area contributed by atoms with Crippen LogP contribution in [0.4, 0.5) is 11.4 Å². The van der Waals surface area contributed by atoms with E-state index in [9.17, 15) is 5.11 Å². The number of aliphatic hydroxyl groups excluding tert-OH is 1. The molecule has 0 aliphatic carbocycles. The second-order valence-electron chi connectivity index (χ2n) is 7.21. The van der Waals surface area contributed by atoms with Crippen molar-refractivity contribution < 1.29 is 5.11 Å². The highest BCUT2D eigenvalue weighted by molar-refractivity contribution is 7.99. The first-order valence-electron chi connectivity index (χ1n) is 9.83. The molecule has 0 saturated carbocycles. The Bertz CT molecular complexity index is 833. The van der Waals surface area contributed by atoms with Gasteiger partial charge in [-0.3, -0.25) is 0 Å². The number of hydrogen-bond donors (Lipinski definition) is 2. The number of hydrogen-bond acceptors (Lipinski definition) is 5. The first-order valence-corrected chi connectivity index (χ1v) is 11.1. The minimum atomic E-state index is 0. The number of fused-ring (bicyclic) bond motifs is 2. The van der Waals surface area contributed by atoms with Crippen LogP contribution in [0, 0.1) is 0 Å². The van der Waals surface area contributed by atoms with E-state index in [0.717, 1.165) is 30.1 Å². The normalized spacial score (nSPS) is 13.3. The van der Waals surface area contributed by atoms with E-state index >= 15 is 0 Å². The third-order valence-electron chi connectivity index (χ3n) is 4.86. The summed E-state index contributed by atoms with van der Waals surface area (Å²) in [4.78, 5) is 7.91. The zero-order valence-corrected chi connectivity index (χ0v) is 19.7. The maximum Gasteiger partial charge on any atom is 0.106 e. The fourth-order valence-corrected chi connectivity index (χ4v) is 4.82. The molecule has 2 N–H and O–H groups in total. The summed E-state index contributed by atoms with van der Waals surface area (Å²) >= 11 is 7.42. The number of likely N-dealkylation sites (N-methyl/N-ethyl adjacent to an activating group) is 1. The number of aliphatic hydroxyl groups is 1. The van der Waals surface area contributed by atoms with Crippen molar-refractivity contribution in [2.24, 2.45) is 0 Å². The van der Waals surface area contributed by atoms with E-state index in [2.05, 4.69) is 78.5 Å². The van der Waals surface area contributed by atoms with E-state index in [1.54, 1.807) is 0 Å². The molecule has 0 radical (unpaired) electrons. The van der Waals surface area contributed by atoms with Crippen LogP contribution < -0.4 is 10.2 Å². The Morgan fingerprint density at radius 3 is 2.66 bits per heavy atom. The van der Waals surface area contributed by atoms with Gasteiger partial charge in [-0.15, -0.1) is 12.4 Å². The molecule has 1 atom stereocenters. The van der Waals surface area contributed by atoms with Crippen LogP contribution in [-0.2, 0) is 0 Å². The lowest BCUT2D eigenvalue weighted by atomic mass is 10.1. The SMILES string of the molecule is CCCNC(=S)c1ccc2c(c1)N(C(C)CN(C)CCO)c1ccccc1S2.Cl. The van der Waals surface area contributed by atoms with Crippen molar-refractivity contribution in [2.45, 2.75) is 36.1 Å². The first kappa shape index (κ1) is 24.0. The predicted molar refractivity (Wildman–Crippen MR) is 130 cm³/mol. The largest absolute Gasteiger partial charge is 0.395 e. The monoisotopic (exact) mass is 451 g/mol. The van der Waals surface area contributed by atoms with E-state index in [-0.39, 0.29) is 25.1 Å². The van der Waals surface area contributed by atoms with Crippen molar-refractivity contribution in [1.29, 1.82) is 0 Å². The van der Waals surface area contributed by atoms with Crippen molar-refractivity contribution in [3.63, 3.8) is 0 Å². The number of benzene rings is 2. The van der Waals surface area contributed by atoms with Crippen LogP contribution in [0.5, 0.6) is 0 Å². The van der Waals surface area contributed by atoms with Crippen LogP contribution in [0.1, 0.15) is 25.8 Å². The molecule has 1 heterocycles. The maximum absolute atomic E-state index is 9.26. The van der Waals surface area contributed by atoms with Gasteiger partial charge >= 0.3 is 0 Å².